The fraction of sp³-hybridized carbons (Fsp3) is 0.544. The van der Waals surface area contributed by atoms with Crippen LogP contribution in [0.2, 0.25) is 5.02 Å². The van der Waals surface area contributed by atoms with Gasteiger partial charge in [0.15, 0.2) is 5.82 Å². The average molecular weight is 1070 g/mol. The van der Waals surface area contributed by atoms with Crippen LogP contribution in [0.5, 0.6) is 0 Å². The van der Waals surface area contributed by atoms with Crippen LogP contribution in [0.15, 0.2) is 80.9 Å². The van der Waals surface area contributed by atoms with Crippen molar-refractivity contribution in [3.05, 3.63) is 104 Å². The molecule has 1 aromatic heterocycles. The van der Waals surface area contributed by atoms with Gasteiger partial charge in [-0.1, -0.05) is 81.3 Å². The lowest BCUT2D eigenvalue weighted by atomic mass is 9.85. The van der Waals surface area contributed by atoms with Crippen LogP contribution in [0.1, 0.15) is 115 Å². The molecule has 7 rings (SSSR count). The van der Waals surface area contributed by atoms with Gasteiger partial charge >= 0.3 is 0 Å². The highest BCUT2D eigenvalue weighted by molar-refractivity contribution is 6.31. The third-order valence-corrected chi connectivity index (χ3v) is 14.2. The number of hydrogen-bond acceptors (Lipinski definition) is 13. The van der Waals surface area contributed by atoms with E-state index >= 15 is 0 Å². The summed E-state index contributed by atoms with van der Waals surface area (Å²) in [5.74, 6) is 0.447. The minimum atomic E-state index is -0.856. The monoisotopic (exact) mass is 1070 g/mol. The van der Waals surface area contributed by atoms with Gasteiger partial charge in [-0.25, -0.2) is 0 Å². The third-order valence-electron chi connectivity index (χ3n) is 14.0. The molecule has 18 nitrogen and oxygen atoms in total. The van der Waals surface area contributed by atoms with Crippen molar-refractivity contribution in [2.24, 2.45) is 21.3 Å². The van der Waals surface area contributed by atoms with Crippen molar-refractivity contribution in [1.29, 1.82) is 0 Å². The zero-order valence-electron chi connectivity index (χ0n) is 45.5. The Labute approximate surface area is 452 Å². The van der Waals surface area contributed by atoms with Crippen LogP contribution in [-0.2, 0) is 49.4 Å². The van der Waals surface area contributed by atoms with Crippen molar-refractivity contribution in [2.45, 2.75) is 112 Å². The number of carbonyl (C=O) groups excluding carboxylic acids is 4. The molecule has 3 N–H and O–H groups in total. The van der Waals surface area contributed by atoms with Crippen LogP contribution in [-0.4, -0.2) is 146 Å². The van der Waals surface area contributed by atoms with E-state index in [1.54, 1.807) is 4.90 Å². The standard InChI is InChI=1S/C57H76ClN9O9/c1-36-30-48(55(70)61-33-41-10-12-42(13-11-41)45-18-19-59-39(45)4)66(34-36)56(71)53(57(6,7)8)63-50(69)35-76-29-28-75-27-25-73-22-9-21-72-24-26-74-23-20-60-49(68)32-46-54-65-64-40(5)67(54)47-31-37(2)38(3)51(47)52(62-46)43-14-16-44(58)17-15-43/h10-17,19,36,46,48,53H,9,18,20-35H2,1-8H3,(H,60,68)(H,61,70)(H,63,69). The van der Waals surface area contributed by atoms with Crippen molar-refractivity contribution in [3.8, 4) is 0 Å². The number of nitrogens with zero attached hydrogens (tertiary/aromatic N) is 6. The largest absolute Gasteiger partial charge is 0.379 e. The Kier molecular flexibility index (Phi) is 20.9. The molecule has 4 heterocycles. The number of aromatic nitrogens is 3. The predicted molar refractivity (Wildman–Crippen MR) is 293 cm³/mol. The zero-order valence-corrected chi connectivity index (χ0v) is 46.2. The number of aliphatic imine (C=N–C) groups is 2. The van der Waals surface area contributed by atoms with E-state index in [4.69, 9.17) is 40.3 Å². The van der Waals surface area contributed by atoms with Gasteiger partial charge in [-0.3, -0.25) is 33.7 Å². The maximum atomic E-state index is 14.1. The number of nitrogens with one attached hydrogen (secondary N) is 3. The Morgan fingerprint density at radius 2 is 1.43 bits per heavy atom. The normalized spacial score (nSPS) is 18.7. The molecule has 1 fully saturated rings. The first-order chi connectivity index (χ1) is 36.5. The summed E-state index contributed by atoms with van der Waals surface area (Å²) < 4.78 is 30.3. The van der Waals surface area contributed by atoms with Gasteiger partial charge in [0, 0.05) is 79.5 Å². The highest BCUT2D eigenvalue weighted by Gasteiger charge is 2.44. The molecule has 19 heteroatoms. The van der Waals surface area contributed by atoms with Gasteiger partial charge in [-0.15, -0.1) is 10.2 Å². The van der Waals surface area contributed by atoms with E-state index in [9.17, 15) is 19.2 Å². The van der Waals surface area contributed by atoms with Gasteiger partial charge in [0.05, 0.1) is 58.4 Å². The second kappa shape index (κ2) is 27.4. The first-order valence-corrected chi connectivity index (χ1v) is 26.9. The average Bonchev–Trinajstić information content (AvgIpc) is 4.16. The number of ether oxygens (including phenoxy) is 5. The first-order valence-electron chi connectivity index (χ1n) is 26.5. The summed E-state index contributed by atoms with van der Waals surface area (Å²) in [6, 6.07) is 13.7. The lowest BCUT2D eigenvalue weighted by molar-refractivity contribution is -0.144. The number of halogens is 1. The first kappa shape index (κ1) is 57.8. The summed E-state index contributed by atoms with van der Waals surface area (Å²) in [5, 5.41) is 18.4. The molecule has 0 bridgehead atoms. The Morgan fingerprint density at radius 1 is 0.789 bits per heavy atom. The second-order valence-electron chi connectivity index (χ2n) is 21.0. The Balaban J connectivity index is 0.703. The summed E-state index contributed by atoms with van der Waals surface area (Å²) in [4.78, 5) is 65.0. The molecule has 4 amide bonds. The number of benzene rings is 2. The fourth-order valence-corrected chi connectivity index (χ4v) is 9.92. The fourth-order valence-electron chi connectivity index (χ4n) is 9.79. The maximum Gasteiger partial charge on any atom is 0.246 e. The number of aryl methyl sites for hydroxylation is 1. The van der Waals surface area contributed by atoms with E-state index in [0.717, 1.165) is 58.0 Å². The molecular formula is C57H76ClN9O9. The molecule has 0 spiro atoms. The van der Waals surface area contributed by atoms with Crippen molar-refractivity contribution in [2.75, 3.05) is 79.2 Å². The van der Waals surface area contributed by atoms with Crippen molar-refractivity contribution < 1.29 is 42.9 Å². The van der Waals surface area contributed by atoms with Crippen LogP contribution in [0, 0.1) is 18.3 Å². The van der Waals surface area contributed by atoms with Crippen LogP contribution in [0.25, 0.3) is 11.3 Å². The number of fused-ring (bicyclic) bond motifs is 2. The summed E-state index contributed by atoms with van der Waals surface area (Å²) in [5.41, 5.74) is 9.98. The maximum absolute atomic E-state index is 14.1. The minimum Gasteiger partial charge on any atom is -0.379 e. The predicted octanol–water partition coefficient (Wildman–Crippen LogP) is 7.00. The Hall–Kier alpha value is -5.89. The lowest BCUT2D eigenvalue weighted by Crippen LogP contribution is -2.58. The van der Waals surface area contributed by atoms with Gasteiger partial charge in [-0.2, -0.15) is 0 Å². The van der Waals surface area contributed by atoms with Crippen LogP contribution in [0.4, 0.5) is 0 Å². The lowest BCUT2D eigenvalue weighted by Gasteiger charge is -2.35. The Morgan fingerprint density at radius 3 is 2.09 bits per heavy atom. The molecule has 4 aliphatic rings. The molecule has 2 aromatic carbocycles. The molecule has 0 radical (unpaired) electrons. The number of rotatable bonds is 27. The van der Waals surface area contributed by atoms with Gasteiger partial charge < -0.3 is 44.5 Å². The molecule has 4 unspecified atom stereocenters. The number of carbonyl (C=O) groups is 4. The summed E-state index contributed by atoms with van der Waals surface area (Å²) in [6.45, 7) is 20.1. The molecule has 1 saturated heterocycles. The molecule has 4 atom stereocenters. The number of amides is 4. The highest BCUT2D eigenvalue weighted by Crippen LogP contribution is 2.42. The van der Waals surface area contributed by atoms with Crippen molar-refractivity contribution >= 4 is 58.4 Å². The summed E-state index contributed by atoms with van der Waals surface area (Å²) in [6.07, 6.45) is 4.82. The second-order valence-corrected chi connectivity index (χ2v) is 21.4. The van der Waals surface area contributed by atoms with Crippen LogP contribution < -0.4 is 16.0 Å². The number of allylic oxidation sites excluding steroid dienone is 6. The number of likely N-dealkylation sites (tertiary alicyclic amines) is 1. The van der Waals surface area contributed by atoms with E-state index < -0.39 is 29.4 Å². The molecule has 0 saturated carbocycles. The van der Waals surface area contributed by atoms with Crippen molar-refractivity contribution in [1.82, 2.24) is 35.6 Å². The topological polar surface area (TPSA) is 209 Å². The molecule has 1 aliphatic carbocycles. The molecule has 410 valence electrons. The smallest absolute Gasteiger partial charge is 0.246 e. The van der Waals surface area contributed by atoms with Crippen LogP contribution >= 0.6 is 11.6 Å². The van der Waals surface area contributed by atoms with Crippen molar-refractivity contribution in [3.63, 3.8) is 0 Å². The SMILES string of the molecule is CC1=C(C)C2=C(C1)n1c(C)nnc1C(CC(=O)NCCOCCOCCCOCCOCCOCC(=O)NC(C(=O)N1CC(C)CC1C(=O)NCc1ccc(C3=C(C)N=CC3)cc1)C(C)(C)C)N=C2c1ccc(Cl)cc1. The Bertz CT molecular complexity index is 2690. The van der Waals surface area contributed by atoms with Crippen LogP contribution in [0.3, 0.4) is 0 Å². The molecule has 3 aliphatic heterocycles. The highest BCUT2D eigenvalue weighted by atomic mass is 35.5. The number of hydrogen-bond donors (Lipinski definition) is 3. The third kappa shape index (κ3) is 15.4. The van der Waals surface area contributed by atoms with E-state index in [1.807, 2.05) is 96.3 Å². The zero-order chi connectivity index (χ0) is 54.4. The molecule has 3 aromatic rings. The molecule has 76 heavy (non-hydrogen) atoms. The van der Waals surface area contributed by atoms with Gasteiger partial charge in [0.1, 0.15) is 30.6 Å². The van der Waals surface area contributed by atoms with E-state index in [0.29, 0.717) is 89.6 Å². The summed E-state index contributed by atoms with van der Waals surface area (Å²) >= 11 is 6.24. The quantitative estimate of drug-likeness (QED) is 0.0662. The van der Waals surface area contributed by atoms with Gasteiger partial charge in [-0.05, 0) is 86.3 Å². The van der Waals surface area contributed by atoms with E-state index in [-0.39, 0.29) is 49.9 Å². The minimum absolute atomic E-state index is 0.104. The molecular weight excluding hydrogens is 990 g/mol. The van der Waals surface area contributed by atoms with E-state index in [1.165, 1.54) is 16.7 Å². The van der Waals surface area contributed by atoms with E-state index in [2.05, 4.69) is 49.6 Å². The van der Waals surface area contributed by atoms with Gasteiger partial charge in [0.25, 0.3) is 0 Å². The summed E-state index contributed by atoms with van der Waals surface area (Å²) in [7, 11) is 0. The van der Waals surface area contributed by atoms with Gasteiger partial charge in [0.2, 0.25) is 23.6 Å².